The molecule has 0 saturated carbocycles. The summed E-state index contributed by atoms with van der Waals surface area (Å²) in [6.45, 7) is 11.7. The number of ether oxygens (including phenoxy) is 3. The third-order valence-corrected chi connectivity index (χ3v) is 5.56. The zero-order valence-corrected chi connectivity index (χ0v) is 21.2. The number of hydrogen-bond donors (Lipinski definition) is 3. The summed E-state index contributed by atoms with van der Waals surface area (Å²) in [5, 5.41) is 5.54. The number of hydrogen-bond acceptors (Lipinski definition) is 6. The first-order chi connectivity index (χ1) is 16.6. The van der Waals surface area contributed by atoms with Gasteiger partial charge in [0.25, 0.3) is 11.8 Å². The van der Waals surface area contributed by atoms with Crippen LogP contribution in [0.1, 0.15) is 64.5 Å². The summed E-state index contributed by atoms with van der Waals surface area (Å²) in [5.74, 6) is -0.912. The fourth-order valence-corrected chi connectivity index (χ4v) is 2.92. The Bertz CT molecular complexity index is 965. The van der Waals surface area contributed by atoms with Crippen molar-refractivity contribution in [1.82, 2.24) is 15.6 Å². The number of esters is 1. The molecule has 0 aliphatic heterocycles. The normalized spacial score (nSPS) is 12.1. The smallest absolute Gasteiger partial charge is 0.340 e. The van der Waals surface area contributed by atoms with E-state index < -0.39 is 5.97 Å². The second-order valence-electron chi connectivity index (χ2n) is 9.22. The van der Waals surface area contributed by atoms with Crippen molar-refractivity contribution in [2.24, 2.45) is 5.41 Å². The van der Waals surface area contributed by atoms with Gasteiger partial charge in [0, 0.05) is 24.8 Å². The molecule has 2 rings (SSSR count). The van der Waals surface area contributed by atoms with Crippen molar-refractivity contribution in [2.45, 2.75) is 40.7 Å². The second kappa shape index (κ2) is 13.7. The van der Waals surface area contributed by atoms with Crippen LogP contribution in [0.4, 0.5) is 0 Å². The van der Waals surface area contributed by atoms with E-state index in [-0.39, 0.29) is 23.3 Å². The molecular weight excluding hydrogens is 450 g/mol. The van der Waals surface area contributed by atoms with Crippen LogP contribution in [0.2, 0.25) is 0 Å². The summed E-state index contributed by atoms with van der Waals surface area (Å²) in [6.07, 6.45) is 1.23. The number of benzene rings is 1. The van der Waals surface area contributed by atoms with Crippen LogP contribution in [-0.4, -0.2) is 68.4 Å². The van der Waals surface area contributed by atoms with E-state index in [1.807, 2.05) is 45.9 Å². The van der Waals surface area contributed by atoms with Gasteiger partial charge >= 0.3 is 5.97 Å². The summed E-state index contributed by atoms with van der Waals surface area (Å²) in [5.41, 5.74) is 1.64. The fourth-order valence-electron chi connectivity index (χ4n) is 2.92. The van der Waals surface area contributed by atoms with Crippen LogP contribution in [0.3, 0.4) is 0 Å². The summed E-state index contributed by atoms with van der Waals surface area (Å²) < 4.78 is 16.4. The summed E-state index contributed by atoms with van der Waals surface area (Å²) >= 11 is 0. The quantitative estimate of drug-likeness (QED) is 0.295. The third-order valence-electron chi connectivity index (χ3n) is 5.56. The molecule has 0 saturated heterocycles. The number of carbonyl (C=O) groups excluding carboxylic acids is 3. The number of amides is 2. The van der Waals surface area contributed by atoms with E-state index in [1.165, 1.54) is 6.20 Å². The number of H-pyrrole nitrogens is 1. The van der Waals surface area contributed by atoms with Gasteiger partial charge in [-0.05, 0) is 37.0 Å². The number of aromatic nitrogens is 1. The van der Waals surface area contributed by atoms with Crippen molar-refractivity contribution in [1.29, 1.82) is 0 Å². The van der Waals surface area contributed by atoms with E-state index in [0.717, 1.165) is 0 Å². The van der Waals surface area contributed by atoms with E-state index in [0.29, 0.717) is 61.9 Å². The molecule has 1 unspecified atom stereocenters. The lowest BCUT2D eigenvalue weighted by molar-refractivity contribution is 0.00474. The highest BCUT2D eigenvalue weighted by atomic mass is 16.5. The molecule has 1 atom stereocenters. The average molecular weight is 488 g/mol. The van der Waals surface area contributed by atoms with Crippen molar-refractivity contribution in [2.75, 3.05) is 39.5 Å². The molecule has 1 heterocycles. The maximum Gasteiger partial charge on any atom is 0.340 e. The first kappa shape index (κ1) is 28.1. The van der Waals surface area contributed by atoms with E-state index in [4.69, 9.17) is 14.2 Å². The molecule has 0 spiro atoms. The van der Waals surface area contributed by atoms with Crippen LogP contribution < -0.4 is 10.6 Å². The Morgan fingerprint density at radius 3 is 2.06 bits per heavy atom. The minimum atomic E-state index is -0.455. The molecule has 1 aromatic carbocycles. The van der Waals surface area contributed by atoms with Gasteiger partial charge in [-0.3, -0.25) is 9.59 Å². The molecule has 2 amide bonds. The first-order valence-electron chi connectivity index (χ1n) is 11.8. The van der Waals surface area contributed by atoms with Crippen LogP contribution in [0, 0.1) is 12.3 Å². The minimum Gasteiger partial charge on any atom is -0.458 e. The van der Waals surface area contributed by atoms with Crippen LogP contribution in [-0.2, 0) is 14.2 Å². The van der Waals surface area contributed by atoms with Crippen LogP contribution in [0.25, 0.3) is 0 Å². The van der Waals surface area contributed by atoms with Gasteiger partial charge in [0.05, 0.1) is 32.0 Å². The summed E-state index contributed by atoms with van der Waals surface area (Å²) in [4.78, 5) is 39.6. The highest BCUT2D eigenvalue weighted by Gasteiger charge is 2.26. The van der Waals surface area contributed by atoms with Crippen molar-refractivity contribution < 1.29 is 28.6 Å². The lowest BCUT2D eigenvalue weighted by atomic mass is 9.90. The molecule has 0 aliphatic rings. The topological polar surface area (TPSA) is 119 Å². The van der Waals surface area contributed by atoms with Gasteiger partial charge in [0.15, 0.2) is 0 Å². The van der Waals surface area contributed by atoms with Crippen LogP contribution >= 0.6 is 0 Å². The molecule has 1 aromatic heterocycles. The molecule has 9 nitrogen and oxygen atoms in total. The zero-order valence-electron chi connectivity index (χ0n) is 21.2. The number of rotatable bonds is 13. The highest BCUT2D eigenvalue weighted by molar-refractivity contribution is 5.99. The molecule has 3 N–H and O–H groups in total. The largest absolute Gasteiger partial charge is 0.458 e. The first-order valence-corrected chi connectivity index (χ1v) is 11.8. The SMILES string of the molecule is Cc1c(C(=O)OC(C)C(C)(C)C)c[nH]c1C(=O)NCCOCCOCCNC(=O)c1ccccc1. The Balaban J connectivity index is 1.58. The maximum atomic E-state index is 12.5. The molecule has 2 aromatic rings. The standard InChI is InChI=1S/C26H37N3O6/c1-18-21(25(32)35-19(2)26(3,4)5)17-29-22(18)24(31)28-12-14-34-16-15-33-13-11-27-23(30)20-9-7-6-8-10-20/h6-10,17,19,29H,11-16H2,1-5H3,(H,27,30)(H,28,31). The Morgan fingerprint density at radius 1 is 0.914 bits per heavy atom. The Kier molecular flexibility index (Phi) is 10.9. The van der Waals surface area contributed by atoms with Crippen molar-refractivity contribution in [3.05, 3.63) is 58.9 Å². The van der Waals surface area contributed by atoms with Gasteiger partial charge < -0.3 is 29.8 Å². The lowest BCUT2D eigenvalue weighted by Gasteiger charge is -2.26. The van der Waals surface area contributed by atoms with E-state index in [9.17, 15) is 14.4 Å². The summed E-state index contributed by atoms with van der Waals surface area (Å²) in [6, 6.07) is 8.99. The molecule has 0 bridgehead atoms. The molecule has 0 radical (unpaired) electrons. The molecular formula is C26H37N3O6. The lowest BCUT2D eigenvalue weighted by Crippen LogP contribution is -2.29. The van der Waals surface area contributed by atoms with Crippen molar-refractivity contribution in [3.63, 3.8) is 0 Å². The predicted octanol–water partition coefficient (Wildman–Crippen LogP) is 3.11. The summed E-state index contributed by atoms with van der Waals surface area (Å²) in [7, 11) is 0. The average Bonchev–Trinajstić information content (AvgIpc) is 3.21. The van der Waals surface area contributed by atoms with Gasteiger partial charge in [-0.25, -0.2) is 4.79 Å². The molecule has 0 aliphatic carbocycles. The molecule has 35 heavy (non-hydrogen) atoms. The fraction of sp³-hybridized carbons (Fsp3) is 0.500. The van der Waals surface area contributed by atoms with E-state index >= 15 is 0 Å². The molecule has 9 heteroatoms. The van der Waals surface area contributed by atoms with Crippen LogP contribution in [0.15, 0.2) is 36.5 Å². The number of nitrogens with one attached hydrogen (secondary N) is 3. The zero-order chi connectivity index (χ0) is 25.8. The highest BCUT2D eigenvalue weighted by Crippen LogP contribution is 2.24. The van der Waals surface area contributed by atoms with Crippen molar-refractivity contribution >= 4 is 17.8 Å². The van der Waals surface area contributed by atoms with Gasteiger partial charge in [0.1, 0.15) is 11.8 Å². The van der Waals surface area contributed by atoms with E-state index in [1.54, 1.807) is 19.1 Å². The number of aromatic amines is 1. The Hall–Kier alpha value is -3.17. The maximum absolute atomic E-state index is 12.5. The van der Waals surface area contributed by atoms with Gasteiger partial charge in [-0.1, -0.05) is 39.0 Å². The Labute approximate surface area is 206 Å². The second-order valence-corrected chi connectivity index (χ2v) is 9.22. The van der Waals surface area contributed by atoms with Gasteiger partial charge in [-0.2, -0.15) is 0 Å². The minimum absolute atomic E-state index is 0.137. The third kappa shape index (κ3) is 9.18. The number of carbonyl (C=O) groups is 3. The Morgan fingerprint density at radius 2 is 1.49 bits per heavy atom. The van der Waals surface area contributed by atoms with Gasteiger partial charge in [0.2, 0.25) is 0 Å². The monoisotopic (exact) mass is 487 g/mol. The molecule has 0 fully saturated rings. The van der Waals surface area contributed by atoms with Gasteiger partial charge in [-0.15, -0.1) is 0 Å². The molecule has 192 valence electrons. The van der Waals surface area contributed by atoms with E-state index in [2.05, 4.69) is 15.6 Å². The van der Waals surface area contributed by atoms with Crippen molar-refractivity contribution in [3.8, 4) is 0 Å². The van der Waals surface area contributed by atoms with Crippen LogP contribution in [0.5, 0.6) is 0 Å². The predicted molar refractivity (Wildman–Crippen MR) is 133 cm³/mol.